The number of carbonyl (C=O) groups is 1. The number of para-hydroxylation sites is 1. The Bertz CT molecular complexity index is 792. The van der Waals surface area contributed by atoms with Gasteiger partial charge >= 0.3 is 0 Å². The first kappa shape index (κ1) is 13.4. The molecule has 3 aromatic carbocycles. The molecule has 0 heterocycles. The highest BCUT2D eigenvalue weighted by molar-refractivity contribution is 5.93. The topological polar surface area (TPSA) is 29.1 Å². The Kier molecular flexibility index (Phi) is 3.69. The summed E-state index contributed by atoms with van der Waals surface area (Å²) in [4.78, 5) is 12.2. The molecule has 3 rings (SSSR count). The van der Waals surface area contributed by atoms with Gasteiger partial charge in [-0.15, -0.1) is 0 Å². The highest BCUT2D eigenvalue weighted by Crippen LogP contribution is 2.17. The van der Waals surface area contributed by atoms with Crippen molar-refractivity contribution in [2.75, 3.05) is 5.32 Å². The molecule has 0 aromatic heterocycles. The van der Waals surface area contributed by atoms with Crippen LogP contribution in [0.5, 0.6) is 0 Å². The number of hydrogen-bond donors (Lipinski definition) is 1. The average molecular weight is 275 g/mol. The van der Waals surface area contributed by atoms with Gasteiger partial charge in [-0.05, 0) is 34.9 Å². The summed E-state index contributed by atoms with van der Waals surface area (Å²) < 4.78 is 0. The van der Waals surface area contributed by atoms with Gasteiger partial charge in [0.05, 0.1) is 6.42 Å². The van der Waals surface area contributed by atoms with Gasteiger partial charge in [0.1, 0.15) is 0 Å². The van der Waals surface area contributed by atoms with E-state index in [0.717, 1.165) is 16.8 Å². The van der Waals surface area contributed by atoms with Crippen LogP contribution in [0.1, 0.15) is 11.1 Å². The van der Waals surface area contributed by atoms with Crippen molar-refractivity contribution in [2.24, 2.45) is 0 Å². The minimum Gasteiger partial charge on any atom is -0.326 e. The molecule has 1 amide bonds. The van der Waals surface area contributed by atoms with E-state index in [9.17, 15) is 4.79 Å². The van der Waals surface area contributed by atoms with E-state index in [1.54, 1.807) is 0 Å². The summed E-state index contributed by atoms with van der Waals surface area (Å²) in [5, 5.41) is 5.33. The highest BCUT2D eigenvalue weighted by atomic mass is 16.1. The van der Waals surface area contributed by atoms with Gasteiger partial charge in [-0.25, -0.2) is 0 Å². The molecule has 0 bridgehead atoms. The minimum atomic E-state index is 0.0135. The Hall–Kier alpha value is -2.61. The second-order valence-corrected chi connectivity index (χ2v) is 5.22. The smallest absolute Gasteiger partial charge is 0.228 e. The van der Waals surface area contributed by atoms with Crippen molar-refractivity contribution in [3.8, 4) is 0 Å². The van der Waals surface area contributed by atoms with Crippen molar-refractivity contribution in [3.63, 3.8) is 0 Å². The maximum absolute atomic E-state index is 12.2. The maximum Gasteiger partial charge on any atom is 0.228 e. The fourth-order valence-corrected chi connectivity index (χ4v) is 2.44. The summed E-state index contributed by atoms with van der Waals surface area (Å²) in [6.45, 7) is 1.99. The zero-order valence-corrected chi connectivity index (χ0v) is 12.0. The van der Waals surface area contributed by atoms with E-state index < -0.39 is 0 Å². The van der Waals surface area contributed by atoms with Crippen LogP contribution in [-0.2, 0) is 11.2 Å². The van der Waals surface area contributed by atoms with Crippen molar-refractivity contribution in [2.45, 2.75) is 13.3 Å². The van der Waals surface area contributed by atoms with E-state index >= 15 is 0 Å². The van der Waals surface area contributed by atoms with Gasteiger partial charge in [-0.3, -0.25) is 4.79 Å². The summed E-state index contributed by atoms with van der Waals surface area (Å²) in [5.41, 5.74) is 2.98. The summed E-state index contributed by atoms with van der Waals surface area (Å²) in [6, 6.07) is 22.1. The zero-order valence-electron chi connectivity index (χ0n) is 12.0. The summed E-state index contributed by atoms with van der Waals surface area (Å²) in [5.74, 6) is 0.0135. The number of benzene rings is 3. The van der Waals surface area contributed by atoms with Gasteiger partial charge in [-0.2, -0.15) is 0 Å². The van der Waals surface area contributed by atoms with Crippen molar-refractivity contribution < 1.29 is 4.79 Å². The third kappa shape index (κ3) is 3.11. The Morgan fingerprint density at radius 2 is 1.62 bits per heavy atom. The number of aryl methyl sites for hydroxylation is 1. The van der Waals surface area contributed by atoms with Crippen LogP contribution in [0.4, 0.5) is 5.69 Å². The number of hydrogen-bond acceptors (Lipinski definition) is 1. The van der Waals surface area contributed by atoms with Crippen LogP contribution in [0.25, 0.3) is 10.8 Å². The standard InChI is InChI=1S/C19H17NO/c1-14-6-2-5-9-18(14)20-19(21)13-15-10-11-16-7-3-4-8-17(16)12-15/h2-12H,13H2,1H3,(H,20,21). The van der Waals surface area contributed by atoms with Crippen LogP contribution >= 0.6 is 0 Å². The molecule has 0 spiro atoms. The first-order valence-corrected chi connectivity index (χ1v) is 7.05. The number of nitrogens with one attached hydrogen (secondary N) is 1. The van der Waals surface area contributed by atoms with Gasteiger partial charge in [0.15, 0.2) is 0 Å². The third-order valence-electron chi connectivity index (χ3n) is 3.60. The quantitative estimate of drug-likeness (QED) is 0.757. The Balaban J connectivity index is 1.75. The maximum atomic E-state index is 12.2. The fraction of sp³-hybridized carbons (Fsp3) is 0.105. The fourth-order valence-electron chi connectivity index (χ4n) is 2.44. The number of fused-ring (bicyclic) bond motifs is 1. The third-order valence-corrected chi connectivity index (χ3v) is 3.60. The van der Waals surface area contributed by atoms with E-state index in [1.807, 2.05) is 49.4 Å². The molecule has 3 aromatic rings. The number of rotatable bonds is 3. The molecule has 0 aliphatic heterocycles. The van der Waals surface area contributed by atoms with Crippen LogP contribution < -0.4 is 5.32 Å². The van der Waals surface area contributed by atoms with Crippen molar-refractivity contribution >= 4 is 22.4 Å². The normalized spacial score (nSPS) is 10.5. The number of carbonyl (C=O) groups excluding carboxylic acids is 1. The molecule has 2 heteroatoms. The van der Waals surface area contributed by atoms with Crippen LogP contribution in [0.15, 0.2) is 66.7 Å². The van der Waals surface area contributed by atoms with E-state index in [2.05, 4.69) is 29.6 Å². The van der Waals surface area contributed by atoms with E-state index in [0.29, 0.717) is 6.42 Å². The van der Waals surface area contributed by atoms with Crippen LogP contribution in [-0.4, -0.2) is 5.91 Å². The van der Waals surface area contributed by atoms with E-state index in [4.69, 9.17) is 0 Å². The van der Waals surface area contributed by atoms with Crippen LogP contribution in [0.2, 0.25) is 0 Å². The minimum absolute atomic E-state index is 0.0135. The van der Waals surface area contributed by atoms with Gasteiger partial charge < -0.3 is 5.32 Å². The lowest BCUT2D eigenvalue weighted by Crippen LogP contribution is -2.15. The molecular formula is C19H17NO. The molecule has 21 heavy (non-hydrogen) atoms. The monoisotopic (exact) mass is 275 g/mol. The Morgan fingerprint density at radius 3 is 2.43 bits per heavy atom. The summed E-state index contributed by atoms with van der Waals surface area (Å²) in [6.07, 6.45) is 0.388. The lowest BCUT2D eigenvalue weighted by atomic mass is 10.0. The zero-order chi connectivity index (χ0) is 14.7. The first-order valence-electron chi connectivity index (χ1n) is 7.05. The van der Waals surface area contributed by atoms with Gasteiger partial charge in [0.25, 0.3) is 0 Å². The van der Waals surface area contributed by atoms with E-state index in [-0.39, 0.29) is 5.91 Å². The molecule has 104 valence electrons. The second-order valence-electron chi connectivity index (χ2n) is 5.22. The van der Waals surface area contributed by atoms with Crippen LogP contribution in [0, 0.1) is 6.92 Å². The Labute approximate surface area is 124 Å². The second kappa shape index (κ2) is 5.80. The molecule has 0 unspecified atom stereocenters. The molecular weight excluding hydrogens is 258 g/mol. The SMILES string of the molecule is Cc1ccccc1NC(=O)Cc1ccc2ccccc2c1. The molecule has 1 N–H and O–H groups in total. The van der Waals surface area contributed by atoms with Gasteiger partial charge in [-0.1, -0.05) is 60.7 Å². The highest BCUT2D eigenvalue weighted by Gasteiger charge is 2.06. The van der Waals surface area contributed by atoms with Crippen molar-refractivity contribution in [3.05, 3.63) is 77.9 Å². The molecule has 0 fully saturated rings. The van der Waals surface area contributed by atoms with Crippen molar-refractivity contribution in [1.29, 1.82) is 0 Å². The molecule has 0 atom stereocenters. The molecule has 0 saturated carbocycles. The molecule has 2 nitrogen and oxygen atoms in total. The van der Waals surface area contributed by atoms with Gasteiger partial charge in [0, 0.05) is 5.69 Å². The average Bonchev–Trinajstić information content (AvgIpc) is 2.49. The Morgan fingerprint density at radius 1 is 0.905 bits per heavy atom. The summed E-state index contributed by atoms with van der Waals surface area (Å²) >= 11 is 0. The van der Waals surface area contributed by atoms with Gasteiger partial charge in [0.2, 0.25) is 5.91 Å². The first-order chi connectivity index (χ1) is 10.2. The van der Waals surface area contributed by atoms with Crippen molar-refractivity contribution in [1.82, 2.24) is 0 Å². The molecule has 0 aliphatic carbocycles. The number of amides is 1. The lowest BCUT2D eigenvalue weighted by Gasteiger charge is -2.08. The predicted molar refractivity (Wildman–Crippen MR) is 87.5 cm³/mol. The molecule has 0 saturated heterocycles. The lowest BCUT2D eigenvalue weighted by molar-refractivity contribution is -0.115. The largest absolute Gasteiger partial charge is 0.326 e. The number of anilines is 1. The van der Waals surface area contributed by atoms with Crippen LogP contribution in [0.3, 0.4) is 0 Å². The molecule has 0 aliphatic rings. The summed E-state index contributed by atoms with van der Waals surface area (Å²) in [7, 11) is 0. The molecule has 0 radical (unpaired) electrons. The predicted octanol–water partition coefficient (Wildman–Crippen LogP) is 4.33. The van der Waals surface area contributed by atoms with E-state index in [1.165, 1.54) is 10.8 Å².